The Hall–Kier alpha value is -2.38. The van der Waals surface area contributed by atoms with Gasteiger partial charge in [0.25, 0.3) is 11.6 Å². The lowest BCUT2D eigenvalue weighted by molar-refractivity contribution is -0.141. The number of nitrogens with one attached hydrogen (secondary N) is 2. The lowest BCUT2D eigenvalue weighted by Crippen LogP contribution is -2.63. The highest BCUT2D eigenvalue weighted by molar-refractivity contribution is 9.10. The second-order valence-electron chi connectivity index (χ2n) is 7.98. The molecular weight excluding hydrogens is 446 g/mol. The van der Waals surface area contributed by atoms with Crippen LogP contribution >= 0.6 is 15.9 Å². The van der Waals surface area contributed by atoms with Crippen LogP contribution in [0.25, 0.3) is 0 Å². The van der Waals surface area contributed by atoms with Gasteiger partial charge in [-0.2, -0.15) is 0 Å². The van der Waals surface area contributed by atoms with E-state index >= 15 is 0 Å². The predicted molar refractivity (Wildman–Crippen MR) is 120 cm³/mol. The molecule has 2 aromatic rings. The van der Waals surface area contributed by atoms with Crippen molar-refractivity contribution in [3.8, 4) is 0 Å². The molecule has 3 N–H and O–H groups in total. The van der Waals surface area contributed by atoms with Gasteiger partial charge in [0.05, 0.1) is 5.69 Å². The molecule has 2 aliphatic rings. The molecule has 1 aliphatic carbocycles. The average molecular weight is 472 g/mol. The van der Waals surface area contributed by atoms with E-state index in [0.29, 0.717) is 21.4 Å². The van der Waals surface area contributed by atoms with E-state index in [1.54, 1.807) is 42.5 Å². The molecule has 6 nitrogen and oxygen atoms in total. The van der Waals surface area contributed by atoms with E-state index in [1.807, 2.05) is 6.07 Å². The maximum absolute atomic E-state index is 13.6. The van der Waals surface area contributed by atoms with E-state index in [0.717, 1.165) is 43.4 Å². The van der Waals surface area contributed by atoms with Crippen molar-refractivity contribution < 1.29 is 14.7 Å². The van der Waals surface area contributed by atoms with E-state index in [-0.39, 0.29) is 6.04 Å². The van der Waals surface area contributed by atoms with Crippen LogP contribution in [0.3, 0.4) is 0 Å². The zero-order valence-corrected chi connectivity index (χ0v) is 18.3. The minimum atomic E-state index is -2.16. The van der Waals surface area contributed by atoms with Gasteiger partial charge in [0.2, 0.25) is 0 Å². The van der Waals surface area contributed by atoms with Crippen molar-refractivity contribution in [3.05, 3.63) is 58.6 Å². The molecular formula is C23H26BrN3O3. The average Bonchev–Trinajstić information content (AvgIpc) is 2.71. The van der Waals surface area contributed by atoms with Gasteiger partial charge in [-0.05, 0) is 43.2 Å². The minimum absolute atomic E-state index is 0.0139. The van der Waals surface area contributed by atoms with Gasteiger partial charge in [-0.1, -0.05) is 66.2 Å². The Morgan fingerprint density at radius 1 is 1.07 bits per heavy atom. The van der Waals surface area contributed by atoms with Crippen molar-refractivity contribution >= 4 is 39.2 Å². The van der Waals surface area contributed by atoms with E-state index in [9.17, 15) is 14.7 Å². The number of nitrogens with zero attached hydrogens (tertiary/aromatic N) is 1. The van der Waals surface area contributed by atoms with E-state index in [1.165, 1.54) is 6.42 Å². The smallest absolute Gasteiger partial charge is 0.329 e. The van der Waals surface area contributed by atoms with Crippen LogP contribution in [-0.4, -0.2) is 23.1 Å². The van der Waals surface area contributed by atoms with Crippen molar-refractivity contribution in [1.82, 2.24) is 5.32 Å². The summed E-state index contributed by atoms with van der Waals surface area (Å²) in [7, 11) is 0. The van der Waals surface area contributed by atoms with Gasteiger partial charge in [0, 0.05) is 21.8 Å². The Morgan fingerprint density at radius 3 is 2.43 bits per heavy atom. The maximum atomic E-state index is 13.6. The summed E-state index contributed by atoms with van der Waals surface area (Å²) in [5.74, 6) is -0.578. The van der Waals surface area contributed by atoms with Crippen LogP contribution in [0, 0.1) is 0 Å². The third-order valence-corrected chi connectivity index (χ3v) is 6.39. The van der Waals surface area contributed by atoms with Gasteiger partial charge < -0.3 is 15.7 Å². The number of para-hydroxylation sites is 1. The normalized spacial score (nSPS) is 22.5. The highest BCUT2D eigenvalue weighted by Crippen LogP contribution is 2.41. The largest absolute Gasteiger partial charge is 0.359 e. The molecule has 1 fully saturated rings. The second-order valence-corrected chi connectivity index (χ2v) is 8.89. The molecule has 1 saturated carbocycles. The maximum Gasteiger partial charge on any atom is 0.329 e. The Balaban J connectivity index is 1.75. The van der Waals surface area contributed by atoms with Crippen molar-refractivity contribution in [1.29, 1.82) is 0 Å². The zero-order chi connectivity index (χ0) is 21.1. The number of anilines is 2. The first kappa shape index (κ1) is 20.9. The Kier molecular flexibility index (Phi) is 6.11. The number of benzene rings is 2. The van der Waals surface area contributed by atoms with Crippen LogP contribution < -0.4 is 15.5 Å². The van der Waals surface area contributed by atoms with E-state index in [2.05, 4.69) is 26.6 Å². The number of halogens is 1. The number of hydrogen-bond donors (Lipinski definition) is 3. The molecule has 0 spiro atoms. The summed E-state index contributed by atoms with van der Waals surface area (Å²) >= 11 is 3.43. The van der Waals surface area contributed by atoms with Crippen LogP contribution in [-0.2, 0) is 10.5 Å². The number of rotatable bonds is 3. The van der Waals surface area contributed by atoms with Gasteiger partial charge >= 0.3 is 6.03 Å². The fraction of sp³-hybridized carbons (Fsp3) is 0.391. The van der Waals surface area contributed by atoms with Crippen molar-refractivity contribution in [2.45, 2.75) is 56.7 Å². The fourth-order valence-corrected chi connectivity index (χ4v) is 4.71. The van der Waals surface area contributed by atoms with Gasteiger partial charge in [-0.3, -0.25) is 9.69 Å². The van der Waals surface area contributed by atoms with Crippen LogP contribution in [0.5, 0.6) is 0 Å². The fourth-order valence-electron chi connectivity index (χ4n) is 4.34. The first-order valence-electron chi connectivity index (χ1n) is 10.5. The number of aliphatic hydroxyl groups is 1. The molecule has 30 heavy (non-hydrogen) atoms. The first-order chi connectivity index (χ1) is 14.5. The molecule has 3 amide bonds. The molecule has 1 unspecified atom stereocenters. The van der Waals surface area contributed by atoms with Crippen LogP contribution in [0.1, 0.15) is 50.5 Å². The summed E-state index contributed by atoms with van der Waals surface area (Å²) in [6, 6.07) is 13.3. The molecule has 0 bridgehead atoms. The molecule has 7 heteroatoms. The van der Waals surface area contributed by atoms with E-state index < -0.39 is 17.7 Å². The molecule has 158 valence electrons. The van der Waals surface area contributed by atoms with Gasteiger partial charge in [-0.25, -0.2) is 4.79 Å². The molecule has 1 atom stereocenters. The summed E-state index contributed by atoms with van der Waals surface area (Å²) in [4.78, 5) is 27.7. The summed E-state index contributed by atoms with van der Waals surface area (Å²) in [6.07, 6.45) is 7.40. The number of amides is 3. The highest BCUT2D eigenvalue weighted by Gasteiger charge is 2.52. The number of fused-ring (bicyclic) bond motifs is 1. The molecule has 0 aromatic heterocycles. The van der Waals surface area contributed by atoms with Crippen molar-refractivity contribution in [2.75, 3.05) is 10.2 Å². The second kappa shape index (κ2) is 8.78. The predicted octanol–water partition coefficient (Wildman–Crippen LogP) is 4.88. The summed E-state index contributed by atoms with van der Waals surface area (Å²) in [6.45, 7) is 0. The van der Waals surface area contributed by atoms with Crippen molar-refractivity contribution in [3.63, 3.8) is 0 Å². The summed E-state index contributed by atoms with van der Waals surface area (Å²) < 4.78 is 0.711. The summed E-state index contributed by atoms with van der Waals surface area (Å²) in [5.41, 5.74) is -0.962. The van der Waals surface area contributed by atoms with Gasteiger partial charge in [0.15, 0.2) is 0 Å². The molecule has 1 aliphatic heterocycles. The minimum Gasteiger partial charge on any atom is -0.359 e. The third-order valence-electron chi connectivity index (χ3n) is 5.90. The highest BCUT2D eigenvalue weighted by atomic mass is 79.9. The molecule has 4 rings (SSSR count). The SMILES string of the molecule is O=C1Nc2ccc(Br)cc2C(O)(C(=O)NC2CCCCCCC2)N1c1ccccc1. The third kappa shape index (κ3) is 3.96. The molecule has 0 radical (unpaired) electrons. The zero-order valence-electron chi connectivity index (χ0n) is 16.7. The number of hydrogen-bond acceptors (Lipinski definition) is 3. The van der Waals surface area contributed by atoms with E-state index in [4.69, 9.17) is 0 Å². The Morgan fingerprint density at radius 2 is 1.73 bits per heavy atom. The number of carbonyl (C=O) groups excluding carboxylic acids is 2. The van der Waals surface area contributed by atoms with Gasteiger partial charge in [-0.15, -0.1) is 0 Å². The Labute approximate surface area is 184 Å². The quantitative estimate of drug-likeness (QED) is 0.596. The first-order valence-corrected chi connectivity index (χ1v) is 11.3. The molecule has 2 aromatic carbocycles. The molecule has 0 saturated heterocycles. The van der Waals surface area contributed by atoms with Crippen LogP contribution in [0.4, 0.5) is 16.2 Å². The van der Waals surface area contributed by atoms with Crippen LogP contribution in [0.15, 0.2) is 53.0 Å². The lowest BCUT2D eigenvalue weighted by Gasteiger charge is -2.43. The lowest BCUT2D eigenvalue weighted by atomic mass is 9.92. The van der Waals surface area contributed by atoms with Crippen molar-refractivity contribution in [2.24, 2.45) is 0 Å². The molecule has 1 heterocycles. The van der Waals surface area contributed by atoms with Crippen LogP contribution in [0.2, 0.25) is 0 Å². The monoisotopic (exact) mass is 471 g/mol. The standard InChI is InChI=1S/C23H26BrN3O3/c24-16-13-14-20-19(15-16)23(30,21(28)25-17-9-5-2-1-3-6-10-17)27(22(29)26-20)18-11-7-4-8-12-18/h4,7-8,11-15,17,30H,1-3,5-6,9-10H2,(H,25,28)(H,26,29). The summed E-state index contributed by atoms with van der Waals surface area (Å²) in [5, 5.41) is 17.7. The Bertz CT molecular complexity index is 929. The number of carbonyl (C=O) groups is 2. The number of urea groups is 1. The topological polar surface area (TPSA) is 81.7 Å². The van der Waals surface area contributed by atoms with Gasteiger partial charge in [0.1, 0.15) is 0 Å².